The van der Waals surface area contributed by atoms with Crippen LogP contribution in [0.5, 0.6) is 0 Å². The smallest absolute Gasteiger partial charge is 0.419 e. The van der Waals surface area contributed by atoms with Gasteiger partial charge in [0.2, 0.25) is 5.91 Å². The fourth-order valence-electron chi connectivity index (χ4n) is 3.40. The summed E-state index contributed by atoms with van der Waals surface area (Å²) in [7, 11) is 0. The summed E-state index contributed by atoms with van der Waals surface area (Å²) in [5.74, 6) is -0.0736. The van der Waals surface area contributed by atoms with Crippen LogP contribution in [-0.4, -0.2) is 15.4 Å². The van der Waals surface area contributed by atoms with Crippen LogP contribution in [0.2, 0.25) is 0 Å². The van der Waals surface area contributed by atoms with E-state index in [2.05, 4.69) is 5.32 Å². The standard InChI is InChI=1S/C23H21N3O7/c27-22(24-17-5-1-4-16(12-17)14-31-15-19-6-3-11-32-19)7-2-10-25-20-9-8-18(26(29)30)13-21(20)33-23(25)28/h1,3-6,8-9,11-13H,2,7,10,14-15H2,(H,24,27). The van der Waals surface area contributed by atoms with E-state index in [0.717, 1.165) is 11.3 Å². The van der Waals surface area contributed by atoms with Crippen LogP contribution in [-0.2, 0) is 29.3 Å². The van der Waals surface area contributed by atoms with Crippen molar-refractivity contribution >= 4 is 28.4 Å². The molecule has 0 unspecified atom stereocenters. The number of aryl methyl sites for hydroxylation is 1. The topological polar surface area (TPSA) is 130 Å². The third kappa shape index (κ3) is 5.55. The number of carbonyl (C=O) groups excluding carboxylic acids is 1. The molecule has 4 aromatic rings. The second-order valence-electron chi connectivity index (χ2n) is 7.35. The zero-order valence-electron chi connectivity index (χ0n) is 17.6. The molecule has 2 heterocycles. The maximum Gasteiger partial charge on any atom is 0.419 e. The zero-order valence-corrected chi connectivity index (χ0v) is 17.6. The number of hydrogen-bond donors (Lipinski definition) is 1. The number of anilines is 1. The number of benzene rings is 2. The Morgan fingerprint density at radius 1 is 1.12 bits per heavy atom. The number of nitrogens with zero attached hydrogens (tertiary/aromatic N) is 2. The molecule has 0 aliphatic carbocycles. The number of carbonyl (C=O) groups is 1. The second kappa shape index (κ2) is 9.96. The molecule has 0 fully saturated rings. The molecule has 0 aliphatic heterocycles. The Kier molecular flexibility index (Phi) is 6.65. The summed E-state index contributed by atoms with van der Waals surface area (Å²) in [4.78, 5) is 34.8. The van der Waals surface area contributed by atoms with Gasteiger partial charge in [-0.3, -0.25) is 19.5 Å². The number of fused-ring (bicyclic) bond motifs is 1. The van der Waals surface area contributed by atoms with Gasteiger partial charge in [-0.05, 0) is 42.3 Å². The molecule has 4 rings (SSSR count). The SMILES string of the molecule is O=C(CCCn1c(=O)oc2cc([N+](=O)[O-])ccc21)Nc1cccc(COCc2ccco2)c1. The average Bonchev–Trinajstić information content (AvgIpc) is 3.41. The van der Waals surface area contributed by atoms with Crippen LogP contribution < -0.4 is 11.1 Å². The molecule has 33 heavy (non-hydrogen) atoms. The summed E-state index contributed by atoms with van der Waals surface area (Å²) in [5.41, 5.74) is 2.00. The predicted octanol–water partition coefficient (Wildman–Crippen LogP) is 4.23. The Morgan fingerprint density at radius 3 is 2.79 bits per heavy atom. The molecule has 1 amide bonds. The van der Waals surface area contributed by atoms with Crippen LogP contribution in [0.15, 0.2) is 74.5 Å². The summed E-state index contributed by atoms with van der Waals surface area (Å²) in [6.45, 7) is 0.982. The minimum atomic E-state index is -0.617. The van der Waals surface area contributed by atoms with Gasteiger partial charge in [0.15, 0.2) is 5.58 Å². The van der Waals surface area contributed by atoms with Crippen LogP contribution in [0.1, 0.15) is 24.2 Å². The number of oxazole rings is 1. The van der Waals surface area contributed by atoms with Gasteiger partial charge in [0.25, 0.3) is 5.69 Å². The Morgan fingerprint density at radius 2 is 2.00 bits per heavy atom. The highest BCUT2D eigenvalue weighted by Gasteiger charge is 2.14. The Bertz CT molecular complexity index is 1320. The molecular formula is C23H21N3O7. The van der Waals surface area contributed by atoms with E-state index < -0.39 is 10.7 Å². The van der Waals surface area contributed by atoms with Gasteiger partial charge in [0.1, 0.15) is 12.4 Å². The Labute approximate surface area is 187 Å². The van der Waals surface area contributed by atoms with Gasteiger partial charge in [-0.15, -0.1) is 0 Å². The van der Waals surface area contributed by atoms with Gasteiger partial charge in [-0.25, -0.2) is 4.79 Å². The molecule has 10 heteroatoms. The summed E-state index contributed by atoms with van der Waals surface area (Å²) >= 11 is 0. The van der Waals surface area contributed by atoms with E-state index in [9.17, 15) is 19.7 Å². The third-order valence-electron chi connectivity index (χ3n) is 4.95. The summed E-state index contributed by atoms with van der Waals surface area (Å²) in [6, 6.07) is 15.0. The zero-order chi connectivity index (χ0) is 23.2. The number of aromatic nitrogens is 1. The molecule has 0 spiro atoms. The first kappa shape index (κ1) is 22.0. The van der Waals surface area contributed by atoms with Gasteiger partial charge in [-0.2, -0.15) is 0 Å². The van der Waals surface area contributed by atoms with Crippen LogP contribution in [0.3, 0.4) is 0 Å². The first-order chi connectivity index (χ1) is 16.0. The highest BCUT2D eigenvalue weighted by molar-refractivity contribution is 5.90. The molecule has 0 radical (unpaired) electrons. The molecule has 2 aromatic heterocycles. The fourth-order valence-corrected chi connectivity index (χ4v) is 3.40. The molecule has 0 bridgehead atoms. The summed E-state index contributed by atoms with van der Waals surface area (Å²) in [5, 5.41) is 13.7. The van der Waals surface area contributed by atoms with E-state index in [0.29, 0.717) is 30.8 Å². The molecule has 2 aromatic carbocycles. The fraction of sp³-hybridized carbons (Fsp3) is 0.217. The van der Waals surface area contributed by atoms with Gasteiger partial charge >= 0.3 is 5.76 Å². The normalized spacial score (nSPS) is 11.0. The molecule has 10 nitrogen and oxygen atoms in total. The van der Waals surface area contributed by atoms with Crippen molar-refractivity contribution < 1.29 is 23.3 Å². The highest BCUT2D eigenvalue weighted by Crippen LogP contribution is 2.20. The molecule has 170 valence electrons. The molecule has 0 atom stereocenters. The van der Waals surface area contributed by atoms with Crippen molar-refractivity contribution in [1.82, 2.24) is 4.57 Å². The van der Waals surface area contributed by atoms with Crippen molar-refractivity contribution in [3.63, 3.8) is 0 Å². The van der Waals surface area contributed by atoms with Crippen molar-refractivity contribution in [2.45, 2.75) is 32.6 Å². The number of nitro groups is 1. The number of amides is 1. The number of hydrogen-bond acceptors (Lipinski definition) is 7. The lowest BCUT2D eigenvalue weighted by molar-refractivity contribution is -0.384. The van der Waals surface area contributed by atoms with Crippen LogP contribution >= 0.6 is 0 Å². The van der Waals surface area contributed by atoms with Crippen LogP contribution in [0.4, 0.5) is 11.4 Å². The average molecular weight is 451 g/mol. The van der Waals surface area contributed by atoms with E-state index in [1.807, 2.05) is 24.3 Å². The molecule has 1 N–H and O–H groups in total. The molecule has 0 saturated heterocycles. The van der Waals surface area contributed by atoms with E-state index in [1.54, 1.807) is 18.4 Å². The molecular weight excluding hydrogens is 430 g/mol. The number of furan rings is 1. The second-order valence-corrected chi connectivity index (χ2v) is 7.35. The number of non-ortho nitro benzene ring substituents is 1. The molecule has 0 saturated carbocycles. The van der Waals surface area contributed by atoms with E-state index in [1.165, 1.54) is 22.8 Å². The monoisotopic (exact) mass is 451 g/mol. The third-order valence-corrected chi connectivity index (χ3v) is 4.95. The number of ether oxygens (including phenoxy) is 1. The number of rotatable bonds is 10. The number of nitro benzene ring substituents is 1. The Hall–Kier alpha value is -4.18. The minimum Gasteiger partial charge on any atom is -0.467 e. The first-order valence-corrected chi connectivity index (χ1v) is 10.3. The van der Waals surface area contributed by atoms with Gasteiger partial charge in [0, 0.05) is 24.7 Å². The van der Waals surface area contributed by atoms with Crippen molar-refractivity contribution in [3.05, 3.63) is 92.8 Å². The van der Waals surface area contributed by atoms with Crippen LogP contribution in [0.25, 0.3) is 11.1 Å². The van der Waals surface area contributed by atoms with Crippen molar-refractivity contribution in [1.29, 1.82) is 0 Å². The lowest BCUT2D eigenvalue weighted by atomic mass is 10.2. The summed E-state index contributed by atoms with van der Waals surface area (Å²) < 4.78 is 17.3. The first-order valence-electron chi connectivity index (χ1n) is 10.3. The van der Waals surface area contributed by atoms with Gasteiger partial charge < -0.3 is 18.9 Å². The van der Waals surface area contributed by atoms with Crippen molar-refractivity contribution in [2.24, 2.45) is 0 Å². The largest absolute Gasteiger partial charge is 0.467 e. The molecule has 0 aliphatic rings. The van der Waals surface area contributed by atoms with Crippen molar-refractivity contribution in [3.8, 4) is 0 Å². The quantitative estimate of drug-likeness (QED) is 0.282. The van der Waals surface area contributed by atoms with Crippen molar-refractivity contribution in [2.75, 3.05) is 5.32 Å². The van der Waals surface area contributed by atoms with Gasteiger partial charge in [-0.1, -0.05) is 12.1 Å². The maximum absolute atomic E-state index is 12.3. The maximum atomic E-state index is 12.3. The van der Waals surface area contributed by atoms with E-state index in [4.69, 9.17) is 13.6 Å². The number of nitrogens with one attached hydrogen (secondary N) is 1. The lowest BCUT2D eigenvalue weighted by Crippen LogP contribution is -2.17. The highest BCUT2D eigenvalue weighted by atomic mass is 16.6. The summed E-state index contributed by atoms with van der Waals surface area (Å²) in [6.07, 6.45) is 2.17. The predicted molar refractivity (Wildman–Crippen MR) is 119 cm³/mol. The Balaban J connectivity index is 1.29. The minimum absolute atomic E-state index is 0.143. The van der Waals surface area contributed by atoms with E-state index >= 15 is 0 Å². The van der Waals surface area contributed by atoms with Crippen LogP contribution in [0, 0.1) is 10.1 Å². The van der Waals surface area contributed by atoms with Gasteiger partial charge in [0.05, 0.1) is 29.4 Å². The lowest BCUT2D eigenvalue weighted by Gasteiger charge is -2.08. The van der Waals surface area contributed by atoms with E-state index in [-0.39, 0.29) is 30.1 Å².